The first-order chi connectivity index (χ1) is 7.34. The number of allylic oxidation sites excluding steroid dienone is 4. The first-order valence-electron chi connectivity index (χ1n) is 6.39. The predicted octanol–water partition coefficient (Wildman–Crippen LogP) is 4.45. The van der Waals surface area contributed by atoms with Gasteiger partial charge in [0.25, 0.3) is 0 Å². The van der Waals surface area contributed by atoms with Gasteiger partial charge in [-0.15, -0.1) is 11.6 Å². The summed E-state index contributed by atoms with van der Waals surface area (Å²) in [4.78, 5) is 0. The van der Waals surface area contributed by atoms with Crippen molar-refractivity contribution >= 4 is 11.6 Å². The van der Waals surface area contributed by atoms with Crippen LogP contribution in [-0.4, -0.2) is 5.38 Å². The molecule has 3 aliphatic rings. The number of rotatable bonds is 0. The Morgan fingerprint density at radius 2 is 2.00 bits per heavy atom. The summed E-state index contributed by atoms with van der Waals surface area (Å²) in [7, 11) is 0. The van der Waals surface area contributed by atoms with Gasteiger partial charge in [0.05, 0.1) is 5.38 Å². The third kappa shape index (κ3) is 1.78. The highest BCUT2D eigenvalue weighted by Gasteiger charge is 2.33. The molecule has 1 saturated carbocycles. The molecule has 15 heavy (non-hydrogen) atoms. The third-order valence-corrected chi connectivity index (χ3v) is 4.76. The minimum absolute atomic E-state index is 0.267. The number of fused-ring (bicyclic) bond motifs is 2. The average Bonchev–Trinajstić information content (AvgIpc) is 2.28. The van der Waals surface area contributed by atoms with Crippen LogP contribution in [0.4, 0.5) is 0 Å². The van der Waals surface area contributed by atoms with Crippen molar-refractivity contribution in [2.24, 2.45) is 11.8 Å². The summed E-state index contributed by atoms with van der Waals surface area (Å²) < 4.78 is 0. The third-order valence-electron chi connectivity index (χ3n) is 4.46. The first-order valence-corrected chi connectivity index (χ1v) is 6.82. The lowest BCUT2D eigenvalue weighted by molar-refractivity contribution is 0.243. The zero-order valence-corrected chi connectivity index (χ0v) is 9.97. The molecule has 0 aromatic heterocycles. The van der Waals surface area contributed by atoms with Gasteiger partial charge in [-0.1, -0.05) is 30.6 Å². The molecule has 0 heterocycles. The predicted molar refractivity (Wildman–Crippen MR) is 65.1 cm³/mol. The maximum Gasteiger partial charge on any atom is 0.0556 e. The molecule has 82 valence electrons. The molecule has 0 N–H and O–H groups in total. The normalized spacial score (nSPS) is 39.9. The van der Waals surface area contributed by atoms with Gasteiger partial charge >= 0.3 is 0 Å². The van der Waals surface area contributed by atoms with E-state index >= 15 is 0 Å². The monoisotopic (exact) mass is 222 g/mol. The van der Waals surface area contributed by atoms with Crippen molar-refractivity contribution in [1.82, 2.24) is 0 Å². The molecule has 0 radical (unpaired) electrons. The molecule has 1 unspecified atom stereocenters. The van der Waals surface area contributed by atoms with Gasteiger partial charge in [-0.05, 0) is 49.5 Å². The molecule has 0 aromatic rings. The smallest absolute Gasteiger partial charge is 0.0556 e. The standard InChI is InChI=1S/C14H19Cl/c15-12-7-8-14-11(9-12)6-5-10-3-1-2-4-13(10)14/h7-8,10,12-13H,1-6,9H2/t10-,12?,13-/m0/s1. The van der Waals surface area contributed by atoms with E-state index < -0.39 is 0 Å². The van der Waals surface area contributed by atoms with Crippen LogP contribution in [0.5, 0.6) is 0 Å². The Morgan fingerprint density at radius 3 is 2.93 bits per heavy atom. The Kier molecular flexibility index (Phi) is 2.64. The van der Waals surface area contributed by atoms with Gasteiger partial charge in [-0.2, -0.15) is 0 Å². The Labute approximate surface area is 97.4 Å². The topological polar surface area (TPSA) is 0 Å². The average molecular weight is 223 g/mol. The largest absolute Gasteiger partial charge is 0.118 e. The minimum Gasteiger partial charge on any atom is -0.118 e. The van der Waals surface area contributed by atoms with Crippen LogP contribution < -0.4 is 0 Å². The molecule has 3 rings (SSSR count). The van der Waals surface area contributed by atoms with Crippen LogP contribution in [0.3, 0.4) is 0 Å². The van der Waals surface area contributed by atoms with Crippen LogP contribution in [-0.2, 0) is 0 Å². The number of hydrogen-bond donors (Lipinski definition) is 0. The van der Waals surface area contributed by atoms with E-state index in [1.165, 1.54) is 38.5 Å². The summed E-state index contributed by atoms with van der Waals surface area (Å²) in [5.41, 5.74) is 3.36. The molecular formula is C14H19Cl. The van der Waals surface area contributed by atoms with Gasteiger partial charge in [0.2, 0.25) is 0 Å². The SMILES string of the molecule is ClC1C=CC2=C(CC[C@@H]3CCCC[C@H]23)C1. The van der Waals surface area contributed by atoms with Crippen molar-refractivity contribution in [2.45, 2.75) is 50.3 Å². The summed E-state index contributed by atoms with van der Waals surface area (Å²) in [5.74, 6) is 1.89. The van der Waals surface area contributed by atoms with Gasteiger partial charge < -0.3 is 0 Å². The Hall–Kier alpha value is -0.230. The Bertz CT molecular complexity index is 313. The van der Waals surface area contributed by atoms with Gasteiger partial charge in [-0.25, -0.2) is 0 Å². The molecule has 0 aromatic carbocycles. The number of hydrogen-bond acceptors (Lipinski definition) is 0. The summed E-state index contributed by atoms with van der Waals surface area (Å²) in [6.07, 6.45) is 14.2. The minimum atomic E-state index is 0.267. The summed E-state index contributed by atoms with van der Waals surface area (Å²) in [6.45, 7) is 0. The summed E-state index contributed by atoms with van der Waals surface area (Å²) in [6, 6.07) is 0. The van der Waals surface area contributed by atoms with E-state index in [1.54, 1.807) is 11.1 Å². The molecular weight excluding hydrogens is 204 g/mol. The van der Waals surface area contributed by atoms with E-state index in [0.29, 0.717) is 0 Å². The van der Waals surface area contributed by atoms with Crippen LogP contribution in [0.1, 0.15) is 44.9 Å². The zero-order valence-electron chi connectivity index (χ0n) is 9.21. The van der Waals surface area contributed by atoms with Crippen molar-refractivity contribution < 1.29 is 0 Å². The summed E-state index contributed by atoms with van der Waals surface area (Å²) >= 11 is 6.19. The zero-order chi connectivity index (χ0) is 10.3. The highest BCUT2D eigenvalue weighted by atomic mass is 35.5. The maximum atomic E-state index is 6.19. The van der Waals surface area contributed by atoms with Crippen LogP contribution >= 0.6 is 11.6 Å². The van der Waals surface area contributed by atoms with E-state index in [-0.39, 0.29) is 5.38 Å². The molecule has 1 heteroatoms. The van der Waals surface area contributed by atoms with Crippen LogP contribution in [0.15, 0.2) is 23.3 Å². The second-order valence-corrected chi connectivity index (χ2v) is 5.89. The van der Waals surface area contributed by atoms with E-state index in [9.17, 15) is 0 Å². The second-order valence-electron chi connectivity index (χ2n) is 5.33. The van der Waals surface area contributed by atoms with Crippen molar-refractivity contribution in [1.29, 1.82) is 0 Å². The molecule has 3 atom stereocenters. The van der Waals surface area contributed by atoms with Crippen molar-refractivity contribution in [2.75, 3.05) is 0 Å². The molecule has 0 bridgehead atoms. The van der Waals surface area contributed by atoms with Gasteiger partial charge in [0.15, 0.2) is 0 Å². The van der Waals surface area contributed by atoms with Crippen molar-refractivity contribution in [3.05, 3.63) is 23.3 Å². The quantitative estimate of drug-likeness (QED) is 0.532. The first kappa shape index (κ1) is 9.96. The highest BCUT2D eigenvalue weighted by molar-refractivity contribution is 6.22. The molecule has 0 aliphatic heterocycles. The van der Waals surface area contributed by atoms with Gasteiger partial charge in [0.1, 0.15) is 0 Å². The second kappa shape index (κ2) is 3.97. The molecule has 0 spiro atoms. The van der Waals surface area contributed by atoms with Crippen molar-refractivity contribution in [3.63, 3.8) is 0 Å². The highest BCUT2D eigenvalue weighted by Crippen LogP contribution is 2.46. The molecule has 1 fully saturated rings. The lowest BCUT2D eigenvalue weighted by atomic mass is 9.66. The lowest BCUT2D eigenvalue weighted by Gasteiger charge is -2.39. The molecule has 0 amide bonds. The molecule has 3 aliphatic carbocycles. The molecule has 0 nitrogen and oxygen atoms in total. The van der Waals surface area contributed by atoms with Crippen LogP contribution in [0.25, 0.3) is 0 Å². The fraction of sp³-hybridized carbons (Fsp3) is 0.714. The fourth-order valence-corrected chi connectivity index (χ4v) is 3.96. The lowest BCUT2D eigenvalue weighted by Crippen LogP contribution is -2.27. The van der Waals surface area contributed by atoms with Gasteiger partial charge in [0, 0.05) is 0 Å². The van der Waals surface area contributed by atoms with E-state index in [1.807, 2.05) is 0 Å². The van der Waals surface area contributed by atoms with Crippen LogP contribution in [0, 0.1) is 11.8 Å². The van der Waals surface area contributed by atoms with E-state index in [4.69, 9.17) is 11.6 Å². The van der Waals surface area contributed by atoms with Crippen molar-refractivity contribution in [3.8, 4) is 0 Å². The summed E-state index contributed by atoms with van der Waals surface area (Å²) in [5, 5.41) is 0.267. The molecule has 0 saturated heterocycles. The van der Waals surface area contributed by atoms with E-state index in [0.717, 1.165) is 18.3 Å². The number of halogens is 1. The maximum absolute atomic E-state index is 6.19. The Balaban J connectivity index is 1.89. The van der Waals surface area contributed by atoms with Crippen LogP contribution in [0.2, 0.25) is 0 Å². The fourth-order valence-electron chi connectivity index (χ4n) is 3.70. The van der Waals surface area contributed by atoms with E-state index in [2.05, 4.69) is 12.2 Å². The number of alkyl halides is 1. The van der Waals surface area contributed by atoms with Gasteiger partial charge in [-0.3, -0.25) is 0 Å². The Morgan fingerprint density at radius 1 is 1.13 bits per heavy atom.